The molecule has 4 atom stereocenters. The number of ether oxygens (including phenoxy) is 2. The number of esters is 1. The molecule has 1 fully saturated rings. The largest absolute Gasteiger partial charge is 0.458 e. The molecule has 2 aliphatic rings. The number of hydrogen-bond acceptors (Lipinski definition) is 6. The minimum absolute atomic E-state index is 0.0213. The minimum Gasteiger partial charge on any atom is -0.458 e. The van der Waals surface area contributed by atoms with Gasteiger partial charge < -0.3 is 24.6 Å². The average Bonchev–Trinajstić information content (AvgIpc) is 2.69. The van der Waals surface area contributed by atoms with Gasteiger partial charge in [0.2, 0.25) is 12.3 Å². The van der Waals surface area contributed by atoms with Crippen LogP contribution >= 0.6 is 0 Å². The highest BCUT2D eigenvalue weighted by Gasteiger charge is 2.37. The highest BCUT2D eigenvalue weighted by Crippen LogP contribution is 2.43. The molecule has 0 saturated carbocycles. The molecule has 2 rings (SSSR count). The zero-order valence-electron chi connectivity index (χ0n) is 19.7. The van der Waals surface area contributed by atoms with Crippen molar-refractivity contribution in [3.63, 3.8) is 0 Å². The summed E-state index contributed by atoms with van der Waals surface area (Å²) in [6.07, 6.45) is 1.78. The molecule has 2 N–H and O–H groups in total. The summed E-state index contributed by atoms with van der Waals surface area (Å²) >= 11 is 0. The third-order valence-corrected chi connectivity index (χ3v) is 6.22. The molecule has 1 heterocycles. The second-order valence-corrected chi connectivity index (χ2v) is 9.21. The van der Waals surface area contributed by atoms with Gasteiger partial charge in [0.05, 0.1) is 18.6 Å². The molecule has 0 radical (unpaired) electrons. The van der Waals surface area contributed by atoms with Gasteiger partial charge >= 0.3 is 5.97 Å². The lowest BCUT2D eigenvalue weighted by Gasteiger charge is -2.39. The Bertz CT molecular complexity index is 713. The molecule has 4 unspecified atom stereocenters. The Morgan fingerprint density at radius 3 is 2.62 bits per heavy atom. The van der Waals surface area contributed by atoms with Gasteiger partial charge in [-0.05, 0) is 49.3 Å². The molecule has 1 saturated heterocycles. The number of amides is 1. The number of cyclic esters (lactones) is 1. The molecule has 7 nitrogen and oxygen atoms in total. The zero-order chi connectivity index (χ0) is 23.9. The number of hydrogen-bond donors (Lipinski definition) is 2. The maximum atomic E-state index is 14.1. The predicted molar refractivity (Wildman–Crippen MR) is 118 cm³/mol. The van der Waals surface area contributed by atoms with Crippen molar-refractivity contribution < 1.29 is 33.7 Å². The highest BCUT2D eigenvalue weighted by molar-refractivity contribution is 5.76. The first-order valence-electron chi connectivity index (χ1n) is 11.6. The van der Waals surface area contributed by atoms with Crippen LogP contribution in [-0.2, 0) is 19.1 Å². The van der Waals surface area contributed by atoms with Crippen LogP contribution in [0.25, 0.3) is 0 Å². The monoisotopic (exact) mass is 455 g/mol. The van der Waals surface area contributed by atoms with E-state index in [-0.39, 0.29) is 30.4 Å². The Labute approximate surface area is 190 Å². The normalized spacial score (nSPS) is 26.8. The van der Waals surface area contributed by atoms with Gasteiger partial charge in [-0.25, -0.2) is 4.39 Å². The maximum absolute atomic E-state index is 14.1. The molecule has 0 aromatic heterocycles. The molecule has 1 amide bonds. The Kier molecular flexibility index (Phi) is 9.85. The van der Waals surface area contributed by atoms with E-state index in [0.29, 0.717) is 51.0 Å². The van der Waals surface area contributed by atoms with E-state index in [9.17, 15) is 24.2 Å². The van der Waals surface area contributed by atoms with E-state index in [2.05, 4.69) is 0 Å². The standard InChI is InChI=1S/C24H38FNO6/c1-5-26(6-2)21(28)8-7-11-31-18-14-19(23(25)30)20(24(3,4)15-18)10-9-17-12-16(27)13-22(29)32-17/h9-10,16-18,23,27,30H,5-8,11-15H2,1-4H3/b10-9+. The molecular formula is C24H38FNO6. The summed E-state index contributed by atoms with van der Waals surface area (Å²) in [4.78, 5) is 25.4. The van der Waals surface area contributed by atoms with E-state index in [4.69, 9.17) is 9.47 Å². The van der Waals surface area contributed by atoms with Gasteiger partial charge in [0, 0.05) is 39.0 Å². The van der Waals surface area contributed by atoms with Crippen LogP contribution in [0.5, 0.6) is 0 Å². The topological polar surface area (TPSA) is 96.3 Å². The van der Waals surface area contributed by atoms with Crippen molar-refractivity contribution in [1.82, 2.24) is 4.90 Å². The summed E-state index contributed by atoms with van der Waals surface area (Å²) in [5, 5.41) is 19.6. The summed E-state index contributed by atoms with van der Waals surface area (Å²) in [5.41, 5.74) is 0.431. The first-order valence-corrected chi connectivity index (χ1v) is 11.6. The zero-order valence-corrected chi connectivity index (χ0v) is 19.7. The number of allylic oxidation sites excluding steroid dienone is 2. The molecule has 8 heteroatoms. The molecule has 1 aliphatic heterocycles. The van der Waals surface area contributed by atoms with Gasteiger partial charge in [-0.2, -0.15) is 0 Å². The van der Waals surface area contributed by atoms with E-state index in [1.807, 2.05) is 27.7 Å². The lowest BCUT2D eigenvalue weighted by molar-refractivity contribution is -0.156. The number of carbonyl (C=O) groups excluding carboxylic acids is 2. The van der Waals surface area contributed by atoms with E-state index >= 15 is 0 Å². The Morgan fingerprint density at radius 2 is 2.03 bits per heavy atom. The summed E-state index contributed by atoms with van der Waals surface area (Å²) < 4.78 is 25.3. The van der Waals surface area contributed by atoms with Crippen molar-refractivity contribution >= 4 is 11.9 Å². The predicted octanol–water partition coefficient (Wildman–Crippen LogP) is 3.05. The summed E-state index contributed by atoms with van der Waals surface area (Å²) in [7, 11) is 0. The average molecular weight is 456 g/mol. The quantitative estimate of drug-likeness (QED) is 0.388. The summed E-state index contributed by atoms with van der Waals surface area (Å²) in [6, 6.07) is 0. The molecule has 0 aromatic carbocycles. The van der Waals surface area contributed by atoms with Gasteiger partial charge in [-0.15, -0.1) is 0 Å². The lowest BCUT2D eigenvalue weighted by Crippen LogP contribution is -2.34. The van der Waals surface area contributed by atoms with Crippen LogP contribution in [0.15, 0.2) is 23.3 Å². The second kappa shape index (κ2) is 11.9. The van der Waals surface area contributed by atoms with E-state index in [1.165, 1.54) is 0 Å². The van der Waals surface area contributed by atoms with Crippen LogP contribution in [-0.4, -0.2) is 71.4 Å². The molecule has 1 aliphatic carbocycles. The fourth-order valence-electron chi connectivity index (χ4n) is 4.56. The molecule has 32 heavy (non-hydrogen) atoms. The minimum atomic E-state index is -2.12. The number of alkyl halides is 1. The van der Waals surface area contributed by atoms with E-state index in [1.54, 1.807) is 17.1 Å². The molecule has 0 spiro atoms. The maximum Gasteiger partial charge on any atom is 0.309 e. The van der Waals surface area contributed by atoms with Crippen molar-refractivity contribution in [2.24, 2.45) is 5.41 Å². The van der Waals surface area contributed by atoms with Gasteiger partial charge in [0.15, 0.2) is 0 Å². The summed E-state index contributed by atoms with van der Waals surface area (Å²) in [5.74, 6) is -0.364. The van der Waals surface area contributed by atoms with Crippen LogP contribution in [0, 0.1) is 5.41 Å². The molecule has 182 valence electrons. The van der Waals surface area contributed by atoms with Gasteiger partial charge in [-0.3, -0.25) is 9.59 Å². The number of carbonyl (C=O) groups is 2. The lowest BCUT2D eigenvalue weighted by atomic mass is 9.71. The van der Waals surface area contributed by atoms with Crippen LogP contribution in [0.3, 0.4) is 0 Å². The van der Waals surface area contributed by atoms with Crippen LogP contribution in [0.4, 0.5) is 4.39 Å². The molecule has 0 bridgehead atoms. The van der Waals surface area contributed by atoms with Gasteiger partial charge in [0.25, 0.3) is 0 Å². The fourth-order valence-corrected chi connectivity index (χ4v) is 4.56. The number of rotatable bonds is 10. The van der Waals surface area contributed by atoms with Crippen molar-refractivity contribution in [2.75, 3.05) is 19.7 Å². The van der Waals surface area contributed by atoms with Crippen molar-refractivity contribution in [3.8, 4) is 0 Å². The Balaban J connectivity index is 2.01. The smallest absolute Gasteiger partial charge is 0.309 e. The first kappa shape index (κ1) is 26.5. The second-order valence-electron chi connectivity index (χ2n) is 9.21. The first-order chi connectivity index (χ1) is 15.1. The number of aliphatic hydroxyl groups is 2. The van der Waals surface area contributed by atoms with Crippen LogP contribution in [0.2, 0.25) is 0 Å². The fraction of sp³-hybridized carbons (Fsp3) is 0.750. The third-order valence-electron chi connectivity index (χ3n) is 6.22. The van der Waals surface area contributed by atoms with Crippen molar-refractivity contribution in [1.29, 1.82) is 0 Å². The number of nitrogens with zero attached hydrogens (tertiary/aromatic N) is 1. The summed E-state index contributed by atoms with van der Waals surface area (Å²) in [6.45, 7) is 9.57. The van der Waals surface area contributed by atoms with Crippen LogP contribution in [0.1, 0.15) is 66.2 Å². The van der Waals surface area contributed by atoms with Gasteiger partial charge in [0.1, 0.15) is 6.10 Å². The molecule has 0 aromatic rings. The van der Waals surface area contributed by atoms with Crippen molar-refractivity contribution in [2.45, 2.75) is 90.9 Å². The number of halogens is 1. The molecular weight excluding hydrogens is 417 g/mol. The Hall–Kier alpha value is -1.77. The van der Waals surface area contributed by atoms with E-state index in [0.717, 1.165) is 0 Å². The van der Waals surface area contributed by atoms with Gasteiger partial charge in [-0.1, -0.05) is 19.9 Å². The van der Waals surface area contributed by atoms with Crippen LogP contribution < -0.4 is 0 Å². The number of aliphatic hydroxyl groups excluding tert-OH is 2. The van der Waals surface area contributed by atoms with E-state index < -0.39 is 29.9 Å². The Morgan fingerprint density at radius 1 is 1.34 bits per heavy atom. The highest BCUT2D eigenvalue weighted by atomic mass is 19.1. The van der Waals surface area contributed by atoms with Crippen molar-refractivity contribution in [3.05, 3.63) is 23.3 Å². The third kappa shape index (κ3) is 7.39. The SMILES string of the molecule is CCN(CC)C(=O)CCCOC1CC(C(O)F)=C(/C=C/C2CC(O)CC(=O)O2)C(C)(C)C1.